The fourth-order valence-corrected chi connectivity index (χ4v) is 2.03. The lowest BCUT2D eigenvalue weighted by atomic mass is 9.97. The van der Waals surface area contributed by atoms with Gasteiger partial charge in [-0.25, -0.2) is 0 Å². The van der Waals surface area contributed by atoms with Gasteiger partial charge in [0.2, 0.25) is 0 Å². The van der Waals surface area contributed by atoms with Crippen molar-refractivity contribution in [1.29, 1.82) is 0 Å². The molecule has 1 saturated heterocycles. The molecule has 0 aromatic rings. The van der Waals surface area contributed by atoms with Crippen LogP contribution in [0.4, 0.5) is 0 Å². The second-order valence-corrected chi connectivity index (χ2v) is 6.81. The average molecular weight is 265 g/mol. The quantitative estimate of drug-likeness (QED) is 0.581. The van der Waals surface area contributed by atoms with Crippen molar-refractivity contribution in [2.24, 2.45) is 5.41 Å². The van der Waals surface area contributed by atoms with E-state index in [9.17, 15) is 13.2 Å². The second-order valence-electron chi connectivity index (χ2n) is 5.21. The van der Waals surface area contributed by atoms with Gasteiger partial charge < -0.3 is 4.74 Å². The van der Waals surface area contributed by atoms with Crippen LogP contribution < -0.4 is 5.32 Å². The summed E-state index contributed by atoms with van der Waals surface area (Å²) < 4.78 is 31.8. The van der Waals surface area contributed by atoms with Crippen LogP contribution in [0.1, 0.15) is 27.2 Å². The summed E-state index contributed by atoms with van der Waals surface area (Å²) in [5.41, 5.74) is -0.572. The summed E-state index contributed by atoms with van der Waals surface area (Å²) in [6.45, 7) is 5.63. The number of nitrogens with one attached hydrogen (secondary N) is 1. The van der Waals surface area contributed by atoms with Crippen LogP contribution in [0.2, 0.25) is 0 Å². The zero-order chi connectivity index (χ0) is 13.3. The lowest BCUT2D eigenvalue weighted by Crippen LogP contribution is -2.33. The van der Waals surface area contributed by atoms with Crippen LogP contribution in [-0.4, -0.2) is 39.5 Å². The van der Waals surface area contributed by atoms with Crippen molar-refractivity contribution < 1.29 is 22.1 Å². The molecule has 0 aromatic heterocycles. The molecule has 1 fully saturated rings. The normalized spacial score (nSPS) is 25.9. The zero-order valence-corrected chi connectivity index (χ0v) is 11.3. The highest BCUT2D eigenvalue weighted by Gasteiger charge is 2.33. The fraction of sp³-hybridized carbons (Fsp3) is 0.900. The number of hydrogen-bond acceptors (Lipinski definition) is 6. The standard InChI is InChI=1S/C10H19NO5S/c1-10(2,3)9(12)15-8-5-7(6-11-8)16-17(4,13)14/h7-8,11H,5-6H2,1-4H3/t7-,8?/m1/s1. The Hall–Kier alpha value is -0.660. The van der Waals surface area contributed by atoms with E-state index in [1.165, 1.54) is 0 Å². The molecular formula is C10H19NO5S. The SMILES string of the molecule is CC(C)(C)C(=O)OC1C[C@@H](OS(C)(=O)=O)CN1. The van der Waals surface area contributed by atoms with E-state index in [4.69, 9.17) is 8.92 Å². The van der Waals surface area contributed by atoms with Gasteiger partial charge >= 0.3 is 5.97 Å². The molecule has 17 heavy (non-hydrogen) atoms. The molecular weight excluding hydrogens is 246 g/mol. The summed E-state index contributed by atoms with van der Waals surface area (Å²) in [5.74, 6) is -0.324. The molecule has 1 rings (SSSR count). The Labute approximate surface area is 102 Å². The van der Waals surface area contributed by atoms with Crippen molar-refractivity contribution >= 4 is 16.1 Å². The third-order valence-corrected chi connectivity index (χ3v) is 2.84. The molecule has 1 unspecified atom stereocenters. The van der Waals surface area contributed by atoms with Crippen molar-refractivity contribution in [2.75, 3.05) is 12.8 Å². The molecule has 0 saturated carbocycles. The largest absolute Gasteiger partial charge is 0.446 e. The summed E-state index contributed by atoms with van der Waals surface area (Å²) in [6.07, 6.45) is 0.396. The Balaban J connectivity index is 2.44. The predicted molar refractivity (Wildman–Crippen MR) is 61.7 cm³/mol. The first-order valence-corrected chi connectivity index (χ1v) is 7.22. The molecule has 0 aliphatic carbocycles. The molecule has 7 heteroatoms. The molecule has 1 heterocycles. The van der Waals surface area contributed by atoms with Gasteiger partial charge in [-0.3, -0.25) is 14.3 Å². The van der Waals surface area contributed by atoms with Gasteiger partial charge in [0, 0.05) is 13.0 Å². The van der Waals surface area contributed by atoms with Crippen molar-refractivity contribution in [3.05, 3.63) is 0 Å². The van der Waals surface area contributed by atoms with Gasteiger partial charge in [-0.2, -0.15) is 8.42 Å². The highest BCUT2D eigenvalue weighted by atomic mass is 32.2. The van der Waals surface area contributed by atoms with E-state index in [1.807, 2.05) is 0 Å². The van der Waals surface area contributed by atoms with E-state index in [1.54, 1.807) is 20.8 Å². The summed E-state index contributed by atoms with van der Waals surface area (Å²) in [6, 6.07) is 0. The van der Waals surface area contributed by atoms with Gasteiger partial charge in [0.15, 0.2) is 6.23 Å². The minimum Gasteiger partial charge on any atom is -0.446 e. The highest BCUT2D eigenvalue weighted by Crippen LogP contribution is 2.20. The molecule has 0 radical (unpaired) electrons. The molecule has 1 N–H and O–H groups in total. The first-order valence-electron chi connectivity index (χ1n) is 5.40. The Morgan fingerprint density at radius 2 is 1.94 bits per heavy atom. The minimum absolute atomic E-state index is 0.324. The smallest absolute Gasteiger partial charge is 0.312 e. The minimum atomic E-state index is -3.47. The zero-order valence-electron chi connectivity index (χ0n) is 10.5. The third kappa shape index (κ3) is 5.01. The maximum atomic E-state index is 11.6. The lowest BCUT2D eigenvalue weighted by Gasteiger charge is -2.20. The average Bonchev–Trinajstić information content (AvgIpc) is 2.47. The Kier molecular flexibility index (Phi) is 4.16. The van der Waals surface area contributed by atoms with E-state index in [0.29, 0.717) is 13.0 Å². The number of carbonyl (C=O) groups is 1. The first-order chi connectivity index (χ1) is 7.58. The van der Waals surface area contributed by atoms with E-state index in [0.717, 1.165) is 6.26 Å². The molecule has 100 valence electrons. The third-order valence-electron chi connectivity index (χ3n) is 2.22. The van der Waals surface area contributed by atoms with Gasteiger partial charge in [0.25, 0.3) is 10.1 Å². The summed E-state index contributed by atoms with van der Waals surface area (Å²) in [4.78, 5) is 11.6. The van der Waals surface area contributed by atoms with E-state index in [2.05, 4.69) is 5.32 Å². The van der Waals surface area contributed by atoms with Crippen molar-refractivity contribution in [2.45, 2.75) is 39.5 Å². The van der Waals surface area contributed by atoms with Crippen LogP contribution in [0.5, 0.6) is 0 Å². The summed E-state index contributed by atoms with van der Waals surface area (Å²) >= 11 is 0. The topological polar surface area (TPSA) is 81.7 Å². The van der Waals surface area contributed by atoms with Crippen LogP contribution in [0.3, 0.4) is 0 Å². The highest BCUT2D eigenvalue weighted by molar-refractivity contribution is 7.86. The summed E-state index contributed by atoms with van der Waals surface area (Å²) in [7, 11) is -3.47. The van der Waals surface area contributed by atoms with Gasteiger partial charge in [-0.15, -0.1) is 0 Å². The summed E-state index contributed by atoms with van der Waals surface area (Å²) in [5, 5.41) is 2.90. The number of esters is 1. The Morgan fingerprint density at radius 1 is 1.35 bits per heavy atom. The van der Waals surface area contributed by atoms with Gasteiger partial charge in [-0.05, 0) is 20.8 Å². The molecule has 6 nitrogen and oxygen atoms in total. The molecule has 0 bridgehead atoms. The lowest BCUT2D eigenvalue weighted by molar-refractivity contribution is -0.159. The van der Waals surface area contributed by atoms with Gasteiger partial charge in [0.05, 0.1) is 17.8 Å². The van der Waals surface area contributed by atoms with E-state index < -0.39 is 27.9 Å². The van der Waals surface area contributed by atoms with Crippen LogP contribution in [0.25, 0.3) is 0 Å². The van der Waals surface area contributed by atoms with Gasteiger partial charge in [0.1, 0.15) is 0 Å². The van der Waals surface area contributed by atoms with Crippen LogP contribution in [0, 0.1) is 5.41 Å². The second kappa shape index (κ2) is 4.91. The Morgan fingerprint density at radius 3 is 2.41 bits per heavy atom. The Bertz CT molecular complexity index is 384. The van der Waals surface area contributed by atoms with Gasteiger partial charge in [-0.1, -0.05) is 0 Å². The fourth-order valence-electron chi connectivity index (χ4n) is 1.38. The molecule has 0 spiro atoms. The molecule has 2 atom stereocenters. The first kappa shape index (κ1) is 14.4. The van der Waals surface area contributed by atoms with Crippen LogP contribution >= 0.6 is 0 Å². The molecule has 1 aliphatic rings. The van der Waals surface area contributed by atoms with Crippen molar-refractivity contribution in [1.82, 2.24) is 5.32 Å². The van der Waals surface area contributed by atoms with E-state index >= 15 is 0 Å². The monoisotopic (exact) mass is 265 g/mol. The van der Waals surface area contributed by atoms with E-state index in [-0.39, 0.29) is 5.97 Å². The number of carbonyl (C=O) groups excluding carboxylic acids is 1. The number of rotatable bonds is 3. The molecule has 0 aromatic carbocycles. The molecule has 1 aliphatic heterocycles. The predicted octanol–water partition coefficient (Wildman–Crippen LogP) is 0.240. The molecule has 0 amide bonds. The van der Waals surface area contributed by atoms with Crippen LogP contribution in [-0.2, 0) is 23.8 Å². The number of ether oxygens (including phenoxy) is 1. The van der Waals surface area contributed by atoms with Crippen molar-refractivity contribution in [3.8, 4) is 0 Å². The van der Waals surface area contributed by atoms with Crippen molar-refractivity contribution in [3.63, 3.8) is 0 Å². The van der Waals surface area contributed by atoms with Crippen LogP contribution in [0.15, 0.2) is 0 Å². The maximum Gasteiger partial charge on any atom is 0.312 e. The number of hydrogen-bond donors (Lipinski definition) is 1. The maximum absolute atomic E-state index is 11.6.